The maximum atomic E-state index is 6.61. The number of rotatable bonds is 2. The van der Waals surface area contributed by atoms with Crippen LogP contribution >= 0.6 is 7.92 Å². The topological polar surface area (TPSA) is 31.4 Å². The smallest absolute Gasteiger partial charge is 0.147 e. The first-order valence-corrected chi connectivity index (χ1v) is 12.7. The molecule has 0 saturated heterocycles. The summed E-state index contributed by atoms with van der Waals surface area (Å²) in [6.45, 7) is 2.02. The lowest BCUT2D eigenvalue weighted by atomic mass is 10.00. The molecule has 1 unspecified atom stereocenters. The van der Waals surface area contributed by atoms with Crippen molar-refractivity contribution in [1.29, 1.82) is 0 Å². The lowest BCUT2D eigenvalue weighted by Crippen LogP contribution is -2.32. The molecule has 4 heteroatoms. The summed E-state index contributed by atoms with van der Waals surface area (Å²) in [5.41, 5.74) is 5.24. The molecular weight excluding hydrogens is 437 g/mol. The molecule has 0 radical (unpaired) electrons. The predicted octanol–water partition coefficient (Wildman–Crippen LogP) is 6.69. The molecule has 0 fully saturated rings. The SMILES string of the molecule is Cc1cccc(-c2cccc(-c3ccc4c5c3Oc3ccccc3P5c3ccccc3O4)c2)n1. The Balaban J connectivity index is 1.44. The van der Waals surface area contributed by atoms with Crippen LogP contribution in [0.15, 0.2) is 103 Å². The van der Waals surface area contributed by atoms with Crippen LogP contribution in [0.4, 0.5) is 0 Å². The zero-order valence-corrected chi connectivity index (χ0v) is 19.4. The van der Waals surface area contributed by atoms with E-state index in [4.69, 9.17) is 14.5 Å². The number of fused-ring (bicyclic) bond motifs is 4. The van der Waals surface area contributed by atoms with Gasteiger partial charge in [-0.3, -0.25) is 4.98 Å². The van der Waals surface area contributed by atoms with E-state index in [9.17, 15) is 0 Å². The van der Waals surface area contributed by atoms with E-state index in [0.717, 1.165) is 56.4 Å². The second-order valence-electron chi connectivity index (χ2n) is 8.51. The van der Waals surface area contributed by atoms with E-state index in [-0.39, 0.29) is 0 Å². The van der Waals surface area contributed by atoms with Gasteiger partial charge in [0, 0.05) is 35.4 Å². The van der Waals surface area contributed by atoms with Crippen LogP contribution in [-0.2, 0) is 0 Å². The summed E-state index contributed by atoms with van der Waals surface area (Å²) in [5.74, 6) is 3.64. The van der Waals surface area contributed by atoms with Crippen LogP contribution in [0.1, 0.15) is 5.69 Å². The van der Waals surface area contributed by atoms with E-state index in [1.165, 1.54) is 10.6 Å². The number of pyridine rings is 1. The molecule has 4 aromatic carbocycles. The van der Waals surface area contributed by atoms with Gasteiger partial charge < -0.3 is 9.47 Å². The fourth-order valence-corrected chi connectivity index (χ4v) is 7.39. The molecule has 0 spiro atoms. The van der Waals surface area contributed by atoms with Crippen LogP contribution in [0.2, 0.25) is 0 Å². The highest BCUT2D eigenvalue weighted by Crippen LogP contribution is 2.54. The maximum Gasteiger partial charge on any atom is 0.147 e. The molecule has 0 bridgehead atoms. The fourth-order valence-electron chi connectivity index (χ4n) is 4.78. The summed E-state index contributed by atoms with van der Waals surface area (Å²) < 4.78 is 13.0. The maximum absolute atomic E-state index is 6.61. The van der Waals surface area contributed by atoms with Crippen molar-refractivity contribution in [2.24, 2.45) is 0 Å². The average molecular weight is 457 g/mol. The highest BCUT2D eigenvalue weighted by atomic mass is 31.1. The van der Waals surface area contributed by atoms with Gasteiger partial charge in [0.05, 0.1) is 11.0 Å². The van der Waals surface area contributed by atoms with Gasteiger partial charge in [-0.05, 0) is 55.0 Å². The molecule has 2 aliphatic heterocycles. The first-order valence-electron chi connectivity index (χ1n) is 11.3. The Labute approximate surface area is 199 Å². The number of ether oxygens (including phenoxy) is 2. The lowest BCUT2D eigenvalue weighted by Gasteiger charge is -2.35. The Kier molecular flexibility index (Phi) is 4.33. The molecule has 34 heavy (non-hydrogen) atoms. The van der Waals surface area contributed by atoms with Crippen LogP contribution in [0.25, 0.3) is 22.4 Å². The monoisotopic (exact) mass is 457 g/mol. The summed E-state index contributed by atoms with van der Waals surface area (Å²) >= 11 is 0. The Hall–Kier alpha value is -3.94. The van der Waals surface area contributed by atoms with Crippen molar-refractivity contribution < 1.29 is 9.47 Å². The van der Waals surface area contributed by atoms with Crippen molar-refractivity contribution in [1.82, 2.24) is 4.98 Å². The van der Waals surface area contributed by atoms with Gasteiger partial charge in [-0.15, -0.1) is 0 Å². The van der Waals surface area contributed by atoms with E-state index < -0.39 is 7.92 Å². The second kappa shape index (κ2) is 7.55. The number of para-hydroxylation sites is 2. The lowest BCUT2D eigenvalue weighted by molar-refractivity contribution is 0.467. The third-order valence-electron chi connectivity index (χ3n) is 6.32. The quantitative estimate of drug-likeness (QED) is 0.271. The number of aryl methyl sites for hydroxylation is 1. The van der Waals surface area contributed by atoms with Crippen LogP contribution < -0.4 is 25.4 Å². The summed E-state index contributed by atoms with van der Waals surface area (Å²) in [7, 11) is -0.776. The molecule has 1 atom stereocenters. The minimum atomic E-state index is -0.776. The second-order valence-corrected chi connectivity index (χ2v) is 10.6. The van der Waals surface area contributed by atoms with E-state index in [0.29, 0.717) is 0 Å². The Morgan fingerprint density at radius 1 is 0.618 bits per heavy atom. The van der Waals surface area contributed by atoms with Crippen LogP contribution in [0.5, 0.6) is 23.0 Å². The zero-order chi connectivity index (χ0) is 22.6. The molecule has 0 N–H and O–H groups in total. The van der Waals surface area contributed by atoms with Crippen LogP contribution in [-0.4, -0.2) is 4.98 Å². The molecule has 3 heterocycles. The van der Waals surface area contributed by atoms with Gasteiger partial charge in [0.25, 0.3) is 0 Å². The van der Waals surface area contributed by atoms with Crippen molar-refractivity contribution in [3.8, 4) is 45.4 Å². The Bertz CT molecular complexity index is 1580. The number of aromatic nitrogens is 1. The normalized spacial score (nSPS) is 14.8. The molecule has 0 aliphatic carbocycles. The zero-order valence-electron chi connectivity index (χ0n) is 18.5. The highest BCUT2D eigenvalue weighted by Gasteiger charge is 2.37. The predicted molar refractivity (Wildman–Crippen MR) is 139 cm³/mol. The summed E-state index contributed by atoms with van der Waals surface area (Å²) in [6.07, 6.45) is 0. The molecule has 2 aliphatic rings. The molecule has 3 nitrogen and oxygen atoms in total. The molecule has 7 rings (SSSR count). The first kappa shape index (κ1) is 19.5. The number of hydrogen-bond donors (Lipinski definition) is 0. The first-order chi connectivity index (χ1) is 16.8. The highest BCUT2D eigenvalue weighted by molar-refractivity contribution is 7.80. The number of benzene rings is 4. The van der Waals surface area contributed by atoms with Gasteiger partial charge >= 0.3 is 0 Å². The van der Waals surface area contributed by atoms with Gasteiger partial charge in [-0.1, -0.05) is 60.7 Å². The molecule has 0 amide bonds. The van der Waals surface area contributed by atoms with Crippen molar-refractivity contribution in [2.75, 3.05) is 0 Å². The summed E-state index contributed by atoms with van der Waals surface area (Å²) in [5, 5.41) is 3.62. The van der Waals surface area contributed by atoms with E-state index in [1.807, 2.05) is 25.1 Å². The summed E-state index contributed by atoms with van der Waals surface area (Å²) in [4.78, 5) is 4.72. The van der Waals surface area contributed by atoms with E-state index >= 15 is 0 Å². The third kappa shape index (κ3) is 2.98. The third-order valence-corrected chi connectivity index (χ3v) is 8.89. The van der Waals surface area contributed by atoms with Gasteiger partial charge in [0.2, 0.25) is 0 Å². The fraction of sp³-hybridized carbons (Fsp3) is 0.0333. The van der Waals surface area contributed by atoms with E-state index in [2.05, 4.69) is 84.9 Å². The molecule has 5 aromatic rings. The number of nitrogens with zero attached hydrogens (tertiary/aromatic N) is 1. The van der Waals surface area contributed by atoms with Crippen molar-refractivity contribution in [2.45, 2.75) is 6.92 Å². The molecule has 0 saturated carbocycles. The van der Waals surface area contributed by atoms with Crippen molar-refractivity contribution in [3.05, 3.63) is 109 Å². The minimum Gasteiger partial charge on any atom is -0.456 e. The average Bonchev–Trinajstić information content (AvgIpc) is 2.88. The van der Waals surface area contributed by atoms with Crippen LogP contribution in [0, 0.1) is 6.92 Å². The molecular formula is C30H20NO2P. The minimum absolute atomic E-state index is 0.776. The molecule has 162 valence electrons. The van der Waals surface area contributed by atoms with Crippen LogP contribution in [0.3, 0.4) is 0 Å². The Morgan fingerprint density at radius 3 is 2.12 bits per heavy atom. The van der Waals surface area contributed by atoms with E-state index in [1.54, 1.807) is 0 Å². The van der Waals surface area contributed by atoms with Crippen molar-refractivity contribution in [3.63, 3.8) is 0 Å². The number of hydrogen-bond acceptors (Lipinski definition) is 3. The standard InChI is InChI=1S/C30H20NO2P/c1-19-8-6-11-23(31-19)21-10-7-9-20(18-21)22-16-17-26-30-29(22)33-25-13-3-5-15-28(25)34(30)27-14-4-2-12-24(27)32-26/h2-18H,1H3. The Morgan fingerprint density at radius 2 is 1.32 bits per heavy atom. The largest absolute Gasteiger partial charge is 0.456 e. The van der Waals surface area contributed by atoms with Crippen molar-refractivity contribution >= 4 is 23.8 Å². The molecule has 1 aromatic heterocycles. The van der Waals surface area contributed by atoms with Gasteiger partial charge in [0.1, 0.15) is 23.0 Å². The van der Waals surface area contributed by atoms with Gasteiger partial charge in [0.15, 0.2) is 0 Å². The van der Waals surface area contributed by atoms with Gasteiger partial charge in [-0.2, -0.15) is 0 Å². The summed E-state index contributed by atoms with van der Waals surface area (Å²) in [6, 6.07) is 35.6. The van der Waals surface area contributed by atoms with Gasteiger partial charge in [-0.25, -0.2) is 0 Å².